The van der Waals surface area contributed by atoms with Crippen molar-refractivity contribution < 1.29 is 9.53 Å². The highest BCUT2D eigenvalue weighted by atomic mass is 35.5. The zero-order valence-electron chi connectivity index (χ0n) is 16.9. The Morgan fingerprint density at radius 3 is 2.61 bits per heavy atom. The molecule has 0 bridgehead atoms. The molecule has 2 heterocycles. The molecule has 1 saturated heterocycles. The molecule has 6 nitrogen and oxygen atoms in total. The lowest BCUT2D eigenvalue weighted by Crippen LogP contribution is -2.51. The van der Waals surface area contributed by atoms with Gasteiger partial charge < -0.3 is 15.4 Å². The van der Waals surface area contributed by atoms with E-state index in [1.807, 2.05) is 42.2 Å². The molecule has 1 fully saturated rings. The summed E-state index contributed by atoms with van der Waals surface area (Å²) in [7, 11) is 0. The molecule has 154 valence electrons. The average molecular weight is 407 g/mol. The lowest BCUT2D eigenvalue weighted by Gasteiger charge is -2.37. The molecule has 2 aromatic rings. The Morgan fingerprint density at radius 2 is 1.96 bits per heavy atom. The van der Waals surface area contributed by atoms with E-state index in [4.69, 9.17) is 10.5 Å². The first-order valence-electron chi connectivity index (χ1n) is 9.81. The largest absolute Gasteiger partial charge is 0.489 e. The van der Waals surface area contributed by atoms with Crippen LogP contribution in [0.2, 0.25) is 0 Å². The van der Waals surface area contributed by atoms with Gasteiger partial charge >= 0.3 is 0 Å². The van der Waals surface area contributed by atoms with E-state index < -0.39 is 0 Å². The Bertz CT molecular complexity index is 761. The molecule has 2 atom stereocenters. The first kappa shape index (κ1) is 22.2. The number of hydrogen-bond donors (Lipinski definition) is 1. The molecule has 0 radical (unpaired) electrons. The van der Waals surface area contributed by atoms with Gasteiger partial charge in [0.1, 0.15) is 0 Å². The van der Waals surface area contributed by atoms with Crippen molar-refractivity contribution in [2.75, 3.05) is 13.2 Å². The van der Waals surface area contributed by atoms with E-state index in [9.17, 15) is 4.79 Å². The Labute approximate surface area is 173 Å². The van der Waals surface area contributed by atoms with Crippen LogP contribution in [-0.2, 0) is 0 Å². The van der Waals surface area contributed by atoms with Gasteiger partial charge in [0, 0.05) is 18.6 Å². The number of nitrogens with zero attached hydrogens (tertiary/aromatic N) is 3. The van der Waals surface area contributed by atoms with Gasteiger partial charge in [0.15, 0.2) is 11.4 Å². The average Bonchev–Trinajstić information content (AvgIpc) is 3.10. The number of carbonyl (C=O) groups excluding carboxylic acids is 1. The van der Waals surface area contributed by atoms with Crippen LogP contribution in [0, 0.1) is 5.92 Å². The minimum atomic E-state index is -0.0922. The maximum atomic E-state index is 13.3. The maximum absolute atomic E-state index is 13.3. The number of carbonyl (C=O) groups is 1. The summed E-state index contributed by atoms with van der Waals surface area (Å²) < 4.78 is 7.66. The monoisotopic (exact) mass is 406 g/mol. The molecule has 2 N–H and O–H groups in total. The highest BCUT2D eigenvalue weighted by Crippen LogP contribution is 2.26. The fourth-order valence-electron chi connectivity index (χ4n) is 3.47. The second-order valence-corrected chi connectivity index (χ2v) is 7.75. The van der Waals surface area contributed by atoms with Crippen LogP contribution in [0.1, 0.15) is 50.5 Å². The van der Waals surface area contributed by atoms with Crippen LogP contribution in [0.25, 0.3) is 5.69 Å². The highest BCUT2D eigenvalue weighted by molar-refractivity contribution is 5.95. The van der Waals surface area contributed by atoms with E-state index in [0.717, 1.165) is 24.9 Å². The zero-order chi connectivity index (χ0) is 19.4. The van der Waals surface area contributed by atoms with Crippen molar-refractivity contribution >= 4 is 18.3 Å². The lowest BCUT2D eigenvalue weighted by molar-refractivity contribution is 0.0572. The molecular weight excluding hydrogens is 376 g/mol. The van der Waals surface area contributed by atoms with Gasteiger partial charge in [0.05, 0.1) is 18.5 Å². The second-order valence-electron chi connectivity index (χ2n) is 7.75. The highest BCUT2D eigenvalue weighted by Gasteiger charge is 2.33. The molecule has 1 aromatic carbocycles. The molecular formula is C21H31ClN4O2. The molecule has 1 aromatic heterocycles. The molecule has 1 aliphatic rings. The molecule has 0 spiro atoms. The second kappa shape index (κ2) is 9.94. The topological polar surface area (TPSA) is 73.4 Å². The minimum Gasteiger partial charge on any atom is -0.489 e. The van der Waals surface area contributed by atoms with Crippen molar-refractivity contribution in [3.05, 3.63) is 42.2 Å². The van der Waals surface area contributed by atoms with Crippen LogP contribution < -0.4 is 10.5 Å². The number of para-hydroxylation sites is 1. The third-order valence-corrected chi connectivity index (χ3v) is 4.89. The predicted octanol–water partition coefficient (Wildman–Crippen LogP) is 3.67. The van der Waals surface area contributed by atoms with Crippen LogP contribution in [-0.4, -0.2) is 45.8 Å². The summed E-state index contributed by atoms with van der Waals surface area (Å²) in [5.41, 5.74) is 7.42. The third kappa shape index (κ3) is 5.06. The number of likely N-dealkylation sites (tertiary alicyclic amines) is 1. The number of ether oxygens (including phenoxy) is 1. The molecule has 0 aliphatic carbocycles. The summed E-state index contributed by atoms with van der Waals surface area (Å²) in [6, 6.07) is 9.75. The van der Waals surface area contributed by atoms with Crippen LogP contribution in [0.3, 0.4) is 0 Å². The van der Waals surface area contributed by atoms with Gasteiger partial charge in [-0.25, -0.2) is 4.68 Å². The number of amides is 1. The van der Waals surface area contributed by atoms with Crippen LogP contribution >= 0.6 is 12.4 Å². The fourth-order valence-corrected chi connectivity index (χ4v) is 3.47. The molecule has 7 heteroatoms. The van der Waals surface area contributed by atoms with E-state index in [1.165, 1.54) is 0 Å². The van der Waals surface area contributed by atoms with Gasteiger partial charge in [-0.05, 0) is 44.2 Å². The quantitative estimate of drug-likeness (QED) is 0.794. The number of aromatic nitrogens is 2. The van der Waals surface area contributed by atoms with Crippen molar-refractivity contribution in [2.24, 2.45) is 11.7 Å². The van der Waals surface area contributed by atoms with Crippen LogP contribution in [0.5, 0.6) is 5.75 Å². The fraction of sp³-hybridized carbons (Fsp3) is 0.524. The normalized spacial score (nSPS) is 17.9. The molecule has 1 aliphatic heterocycles. The number of rotatable bonds is 6. The summed E-state index contributed by atoms with van der Waals surface area (Å²) in [6.07, 6.45) is 4.84. The van der Waals surface area contributed by atoms with Gasteiger partial charge in [0.2, 0.25) is 0 Å². The molecule has 28 heavy (non-hydrogen) atoms. The van der Waals surface area contributed by atoms with Gasteiger partial charge in [-0.3, -0.25) is 4.79 Å². The van der Waals surface area contributed by atoms with Gasteiger partial charge in [0.25, 0.3) is 5.91 Å². The van der Waals surface area contributed by atoms with Gasteiger partial charge in [-0.2, -0.15) is 5.10 Å². The number of nitrogens with two attached hydrogens (primary N) is 1. The van der Waals surface area contributed by atoms with Crippen LogP contribution in [0.4, 0.5) is 0 Å². The Morgan fingerprint density at radius 1 is 1.25 bits per heavy atom. The van der Waals surface area contributed by atoms with E-state index in [2.05, 4.69) is 18.9 Å². The summed E-state index contributed by atoms with van der Waals surface area (Å²) in [6.45, 7) is 7.39. The predicted molar refractivity (Wildman–Crippen MR) is 113 cm³/mol. The Hall–Kier alpha value is -2.05. The first-order valence-corrected chi connectivity index (χ1v) is 9.81. The van der Waals surface area contributed by atoms with E-state index >= 15 is 0 Å². The molecule has 1 amide bonds. The van der Waals surface area contributed by atoms with Crippen molar-refractivity contribution in [1.29, 1.82) is 0 Å². The summed E-state index contributed by atoms with van der Waals surface area (Å²) in [5.74, 6) is 0.803. The molecule has 0 saturated carbocycles. The number of hydrogen-bond acceptors (Lipinski definition) is 4. The molecule has 2 unspecified atom stereocenters. The van der Waals surface area contributed by atoms with Crippen molar-refractivity contribution in [3.63, 3.8) is 0 Å². The zero-order valence-corrected chi connectivity index (χ0v) is 17.7. The number of benzene rings is 1. The summed E-state index contributed by atoms with van der Waals surface area (Å²) >= 11 is 0. The standard InChI is InChI=1S/C21H30N4O2.ClH/c1-15(2)14-27-19-13-25(17-9-5-4-6-10-17)23-20(19)21(26)24-12-8-7-11-18(24)16(3)22;/h4-6,9-10,13,15-16,18H,7-8,11-12,14,22H2,1-3H3;1H. The SMILES string of the molecule is CC(C)COc1cn(-c2ccccc2)nc1C(=O)N1CCCCC1C(C)N.Cl. The van der Waals surface area contributed by atoms with E-state index in [0.29, 0.717) is 30.5 Å². The minimum absolute atomic E-state index is 0. The van der Waals surface area contributed by atoms with Gasteiger partial charge in [-0.15, -0.1) is 12.4 Å². The number of piperidine rings is 1. The van der Waals surface area contributed by atoms with Crippen molar-refractivity contribution in [1.82, 2.24) is 14.7 Å². The Balaban J connectivity index is 0.00000280. The number of halogens is 1. The van der Waals surface area contributed by atoms with Crippen LogP contribution in [0.15, 0.2) is 36.5 Å². The Kier molecular flexibility index (Phi) is 7.89. The first-order chi connectivity index (χ1) is 13.0. The maximum Gasteiger partial charge on any atom is 0.278 e. The summed E-state index contributed by atoms with van der Waals surface area (Å²) in [5, 5.41) is 4.59. The lowest BCUT2D eigenvalue weighted by atomic mass is 9.96. The van der Waals surface area contributed by atoms with Crippen molar-refractivity contribution in [2.45, 2.75) is 52.1 Å². The third-order valence-electron chi connectivity index (χ3n) is 4.89. The van der Waals surface area contributed by atoms with E-state index in [1.54, 1.807) is 10.9 Å². The van der Waals surface area contributed by atoms with Gasteiger partial charge in [-0.1, -0.05) is 32.0 Å². The smallest absolute Gasteiger partial charge is 0.278 e. The molecule has 3 rings (SSSR count). The van der Waals surface area contributed by atoms with Crippen molar-refractivity contribution in [3.8, 4) is 11.4 Å². The summed E-state index contributed by atoms with van der Waals surface area (Å²) in [4.78, 5) is 15.2. The van der Waals surface area contributed by atoms with E-state index in [-0.39, 0.29) is 30.4 Å².